The Kier molecular flexibility index (Phi) is 5.53. The Hall–Kier alpha value is -3.77. The third kappa shape index (κ3) is 3.54. The summed E-state index contributed by atoms with van der Waals surface area (Å²) in [7, 11) is 3.00. The van der Waals surface area contributed by atoms with Crippen LogP contribution in [0.2, 0.25) is 0 Å². The maximum absolute atomic E-state index is 13.0. The molecule has 3 unspecified atom stereocenters. The molecule has 3 atom stereocenters. The molecule has 0 aliphatic carbocycles. The van der Waals surface area contributed by atoms with Gasteiger partial charge in [-0.1, -0.05) is 6.07 Å². The number of ether oxygens (including phenoxy) is 7. The minimum atomic E-state index is -1.91. The number of hydrogen-bond acceptors (Lipinski definition) is 11. The molecule has 194 valence electrons. The molecular weight excluding hydrogens is 488 g/mol. The molecule has 3 heterocycles. The summed E-state index contributed by atoms with van der Waals surface area (Å²) in [5, 5.41) is 31.7. The van der Waals surface area contributed by atoms with Crippen molar-refractivity contribution < 1.29 is 53.3 Å². The standard InChI is InChI=1S/C26H24O11/c1-31-17-6-13-14(7-18(17)32-2)22(37-25-23(28)26(30,9-27)10-34-25)21-15(8-33-24(21)29)20(13)12-3-4-16-19(5-12)36-11-35-16/h3-7,23,25,27-28,30H,8-11H2,1-2H3. The Morgan fingerprint density at radius 1 is 1.00 bits per heavy atom. The fraction of sp³-hybridized carbons (Fsp3) is 0.346. The van der Waals surface area contributed by atoms with Crippen molar-refractivity contribution in [2.24, 2.45) is 0 Å². The predicted octanol–water partition coefficient (Wildman–Crippen LogP) is 1.74. The fourth-order valence-electron chi connectivity index (χ4n) is 4.92. The van der Waals surface area contributed by atoms with Crippen LogP contribution in [0.3, 0.4) is 0 Å². The van der Waals surface area contributed by atoms with Crippen LogP contribution >= 0.6 is 0 Å². The molecule has 3 N–H and O–H groups in total. The second-order valence-electron chi connectivity index (χ2n) is 8.96. The van der Waals surface area contributed by atoms with Crippen LogP contribution in [0.15, 0.2) is 30.3 Å². The quantitative estimate of drug-likeness (QED) is 0.416. The maximum Gasteiger partial charge on any atom is 0.342 e. The minimum absolute atomic E-state index is 0.0206. The molecule has 0 radical (unpaired) electrons. The Labute approximate surface area is 210 Å². The summed E-state index contributed by atoms with van der Waals surface area (Å²) < 4.78 is 39.0. The number of fused-ring (bicyclic) bond motifs is 3. The van der Waals surface area contributed by atoms with E-state index in [1.54, 1.807) is 18.2 Å². The van der Waals surface area contributed by atoms with Crippen molar-refractivity contribution in [1.29, 1.82) is 0 Å². The molecule has 11 heteroatoms. The lowest BCUT2D eigenvalue weighted by atomic mass is 9.89. The predicted molar refractivity (Wildman–Crippen MR) is 126 cm³/mol. The topological polar surface area (TPSA) is 142 Å². The monoisotopic (exact) mass is 512 g/mol. The summed E-state index contributed by atoms with van der Waals surface area (Å²) in [5.41, 5.74) is 0.250. The molecule has 0 bridgehead atoms. The molecular formula is C26H24O11. The molecule has 11 nitrogen and oxygen atoms in total. The van der Waals surface area contributed by atoms with E-state index in [0.717, 1.165) is 5.56 Å². The highest BCUT2D eigenvalue weighted by atomic mass is 16.7. The van der Waals surface area contributed by atoms with Crippen LogP contribution in [-0.2, 0) is 16.1 Å². The lowest BCUT2D eigenvalue weighted by Gasteiger charge is -2.25. The summed E-state index contributed by atoms with van der Waals surface area (Å²) in [6.45, 7) is -0.997. The highest BCUT2D eigenvalue weighted by Crippen LogP contribution is 2.49. The number of esters is 1. The SMILES string of the molecule is COc1cc2c(OC3OCC(O)(CO)C3O)c3c(c(-c4ccc5c(c4)OCO5)c2cc1OC)COC3=O. The molecule has 1 saturated heterocycles. The number of carbonyl (C=O) groups is 1. The molecule has 37 heavy (non-hydrogen) atoms. The first-order chi connectivity index (χ1) is 17.9. The molecule has 1 fully saturated rings. The van der Waals surface area contributed by atoms with E-state index >= 15 is 0 Å². The summed E-state index contributed by atoms with van der Waals surface area (Å²) in [6.07, 6.45) is -2.93. The van der Waals surface area contributed by atoms with Crippen molar-refractivity contribution in [2.75, 3.05) is 34.2 Å². The number of methoxy groups -OCH3 is 2. The van der Waals surface area contributed by atoms with Crippen LogP contribution in [0.1, 0.15) is 15.9 Å². The van der Waals surface area contributed by atoms with Gasteiger partial charge in [0.25, 0.3) is 0 Å². The van der Waals surface area contributed by atoms with Crippen LogP contribution in [0.25, 0.3) is 21.9 Å². The lowest BCUT2D eigenvalue weighted by molar-refractivity contribution is -0.115. The zero-order valence-corrected chi connectivity index (χ0v) is 20.0. The molecule has 0 saturated carbocycles. The molecule has 3 aliphatic heterocycles. The summed E-state index contributed by atoms with van der Waals surface area (Å²) in [4.78, 5) is 13.0. The van der Waals surface area contributed by atoms with Gasteiger partial charge in [-0.3, -0.25) is 0 Å². The second-order valence-corrected chi connectivity index (χ2v) is 8.96. The van der Waals surface area contributed by atoms with E-state index in [1.807, 2.05) is 12.1 Å². The van der Waals surface area contributed by atoms with Gasteiger partial charge >= 0.3 is 5.97 Å². The van der Waals surface area contributed by atoms with Crippen LogP contribution in [-0.4, -0.2) is 73.5 Å². The number of carbonyl (C=O) groups excluding carboxylic acids is 1. The van der Waals surface area contributed by atoms with E-state index in [0.29, 0.717) is 44.9 Å². The van der Waals surface area contributed by atoms with Gasteiger partial charge in [0.15, 0.2) is 23.0 Å². The highest BCUT2D eigenvalue weighted by Gasteiger charge is 2.50. The first-order valence-electron chi connectivity index (χ1n) is 11.5. The van der Waals surface area contributed by atoms with Gasteiger partial charge in [0.1, 0.15) is 29.6 Å². The van der Waals surface area contributed by atoms with Crippen molar-refractivity contribution >= 4 is 16.7 Å². The molecule has 0 spiro atoms. The number of benzene rings is 3. The molecule has 6 rings (SSSR count). The largest absolute Gasteiger partial charge is 0.493 e. The molecule has 3 aromatic rings. The number of hydrogen-bond donors (Lipinski definition) is 3. The van der Waals surface area contributed by atoms with Crippen molar-refractivity contribution in [3.8, 4) is 39.9 Å². The fourth-order valence-corrected chi connectivity index (χ4v) is 4.92. The molecule has 3 aliphatic rings. The van der Waals surface area contributed by atoms with E-state index in [9.17, 15) is 20.1 Å². The number of rotatable bonds is 6. The lowest BCUT2D eigenvalue weighted by Crippen LogP contribution is -2.48. The van der Waals surface area contributed by atoms with E-state index in [4.69, 9.17) is 33.2 Å². The van der Waals surface area contributed by atoms with Crippen LogP contribution < -0.4 is 23.7 Å². The highest BCUT2D eigenvalue weighted by molar-refractivity contribution is 6.12. The van der Waals surface area contributed by atoms with Gasteiger partial charge in [-0.25, -0.2) is 4.79 Å². The maximum atomic E-state index is 13.0. The Morgan fingerprint density at radius 3 is 2.43 bits per heavy atom. The normalized spacial score (nSPS) is 23.8. The Bertz CT molecular complexity index is 1420. The first kappa shape index (κ1) is 23.6. The van der Waals surface area contributed by atoms with Crippen molar-refractivity contribution in [3.63, 3.8) is 0 Å². The average molecular weight is 512 g/mol. The van der Waals surface area contributed by atoms with Crippen molar-refractivity contribution in [1.82, 2.24) is 0 Å². The van der Waals surface area contributed by atoms with Gasteiger partial charge < -0.3 is 48.5 Å². The van der Waals surface area contributed by atoms with Crippen LogP contribution in [0.4, 0.5) is 0 Å². The van der Waals surface area contributed by atoms with Crippen LogP contribution in [0.5, 0.6) is 28.7 Å². The average Bonchev–Trinajstić information content (AvgIpc) is 3.61. The van der Waals surface area contributed by atoms with Gasteiger partial charge in [-0.2, -0.15) is 0 Å². The Morgan fingerprint density at radius 2 is 1.73 bits per heavy atom. The second kappa shape index (κ2) is 8.67. The first-order valence-corrected chi connectivity index (χ1v) is 11.5. The summed E-state index contributed by atoms with van der Waals surface area (Å²) in [6, 6.07) is 8.89. The Balaban J connectivity index is 1.61. The third-order valence-electron chi connectivity index (χ3n) is 6.89. The summed E-state index contributed by atoms with van der Waals surface area (Å²) >= 11 is 0. The van der Waals surface area contributed by atoms with Gasteiger partial charge in [-0.15, -0.1) is 0 Å². The summed E-state index contributed by atoms with van der Waals surface area (Å²) in [5.74, 6) is 1.47. The minimum Gasteiger partial charge on any atom is -0.493 e. The van der Waals surface area contributed by atoms with Gasteiger partial charge in [0, 0.05) is 10.9 Å². The zero-order chi connectivity index (χ0) is 25.9. The smallest absolute Gasteiger partial charge is 0.342 e. The number of aliphatic hydroxyl groups excluding tert-OH is 2. The third-order valence-corrected chi connectivity index (χ3v) is 6.89. The van der Waals surface area contributed by atoms with Crippen molar-refractivity contribution in [3.05, 3.63) is 41.5 Å². The van der Waals surface area contributed by atoms with E-state index in [1.165, 1.54) is 14.2 Å². The van der Waals surface area contributed by atoms with Crippen molar-refractivity contribution in [2.45, 2.75) is 24.6 Å². The van der Waals surface area contributed by atoms with E-state index in [-0.39, 0.29) is 31.3 Å². The molecule has 3 aromatic carbocycles. The van der Waals surface area contributed by atoms with Gasteiger partial charge in [-0.05, 0) is 40.8 Å². The zero-order valence-electron chi connectivity index (χ0n) is 20.0. The van der Waals surface area contributed by atoms with Gasteiger partial charge in [0.05, 0.1) is 27.4 Å². The van der Waals surface area contributed by atoms with Gasteiger partial charge in [0.2, 0.25) is 13.1 Å². The number of cyclic esters (lactones) is 1. The van der Waals surface area contributed by atoms with Crippen LogP contribution in [0, 0.1) is 0 Å². The molecule has 0 amide bonds. The molecule has 0 aromatic heterocycles. The number of aliphatic hydroxyl groups is 3. The van der Waals surface area contributed by atoms with E-state index < -0.39 is 30.6 Å². The van der Waals surface area contributed by atoms with E-state index in [2.05, 4.69) is 0 Å².